The number of likely N-dealkylation sites (tertiary alicyclic amines) is 1. The van der Waals surface area contributed by atoms with Gasteiger partial charge < -0.3 is 15.1 Å². The van der Waals surface area contributed by atoms with Crippen LogP contribution in [-0.2, 0) is 17.6 Å². The second-order valence-electron chi connectivity index (χ2n) is 7.21. The van der Waals surface area contributed by atoms with E-state index in [1.54, 1.807) is 0 Å². The highest BCUT2D eigenvalue weighted by Crippen LogP contribution is 2.36. The van der Waals surface area contributed by atoms with Gasteiger partial charge in [-0.15, -0.1) is 0 Å². The van der Waals surface area contributed by atoms with Gasteiger partial charge in [0.05, 0.1) is 6.10 Å². The van der Waals surface area contributed by atoms with E-state index in [1.165, 1.54) is 0 Å². The summed E-state index contributed by atoms with van der Waals surface area (Å²) in [5.41, 5.74) is 1.86. The summed E-state index contributed by atoms with van der Waals surface area (Å²) in [5.74, 6) is -0.908. The van der Waals surface area contributed by atoms with Gasteiger partial charge in [0.2, 0.25) is 0 Å². The van der Waals surface area contributed by atoms with Crippen molar-refractivity contribution in [2.45, 2.75) is 32.3 Å². The number of rotatable bonds is 6. The third-order valence-electron chi connectivity index (χ3n) is 5.36. The minimum Gasteiger partial charge on any atom is -0.481 e. The summed E-state index contributed by atoms with van der Waals surface area (Å²) in [6.07, 6.45) is 0.712. The molecule has 1 aliphatic rings. The van der Waals surface area contributed by atoms with Crippen molar-refractivity contribution in [3.63, 3.8) is 0 Å². The zero-order valence-corrected chi connectivity index (χ0v) is 15.1. The van der Waals surface area contributed by atoms with Crippen molar-refractivity contribution in [3.05, 3.63) is 65.5 Å². The molecule has 2 atom stereocenters. The van der Waals surface area contributed by atoms with Gasteiger partial charge in [-0.1, -0.05) is 36.4 Å². The van der Waals surface area contributed by atoms with Crippen LogP contribution in [0.5, 0.6) is 0 Å². The SMILES string of the molecule is Cc1cccc(CCN2CC[C@](Cc3ccccc3)(C(=O)O)C(O)C2)n1. The first-order valence-electron chi connectivity index (χ1n) is 9.10. The first-order valence-corrected chi connectivity index (χ1v) is 9.10. The summed E-state index contributed by atoms with van der Waals surface area (Å²) in [6.45, 7) is 3.79. The number of carboxylic acid groups (broad SMARTS) is 1. The maximum atomic E-state index is 12.0. The van der Waals surface area contributed by atoms with E-state index in [4.69, 9.17) is 0 Å². The molecule has 5 heteroatoms. The summed E-state index contributed by atoms with van der Waals surface area (Å²) >= 11 is 0. The number of aliphatic hydroxyl groups excluding tert-OH is 1. The lowest BCUT2D eigenvalue weighted by Crippen LogP contribution is -2.56. The molecule has 2 aromatic rings. The largest absolute Gasteiger partial charge is 0.481 e. The van der Waals surface area contributed by atoms with Crippen molar-refractivity contribution in [2.24, 2.45) is 5.41 Å². The molecule has 0 saturated carbocycles. The van der Waals surface area contributed by atoms with Crippen LogP contribution in [0.2, 0.25) is 0 Å². The van der Waals surface area contributed by atoms with Gasteiger partial charge in [-0.2, -0.15) is 0 Å². The highest BCUT2D eigenvalue weighted by molar-refractivity contribution is 5.76. The summed E-state index contributed by atoms with van der Waals surface area (Å²) in [7, 11) is 0. The Morgan fingerprint density at radius 2 is 2.00 bits per heavy atom. The Morgan fingerprint density at radius 1 is 1.23 bits per heavy atom. The van der Waals surface area contributed by atoms with Crippen LogP contribution in [0.15, 0.2) is 48.5 Å². The molecular weight excluding hydrogens is 328 g/mol. The number of carboxylic acids is 1. The normalized spacial score (nSPS) is 23.7. The number of piperidine rings is 1. The van der Waals surface area contributed by atoms with Crippen molar-refractivity contribution in [2.75, 3.05) is 19.6 Å². The third-order valence-corrected chi connectivity index (χ3v) is 5.36. The van der Waals surface area contributed by atoms with E-state index in [1.807, 2.05) is 55.5 Å². The van der Waals surface area contributed by atoms with Crippen molar-refractivity contribution < 1.29 is 15.0 Å². The molecule has 2 N–H and O–H groups in total. The number of aliphatic carboxylic acids is 1. The number of benzene rings is 1. The first-order chi connectivity index (χ1) is 12.5. The second kappa shape index (κ2) is 7.98. The number of carbonyl (C=O) groups is 1. The summed E-state index contributed by atoms with van der Waals surface area (Å²) in [5, 5.41) is 20.6. The van der Waals surface area contributed by atoms with Crippen molar-refractivity contribution in [1.82, 2.24) is 9.88 Å². The molecule has 1 aliphatic heterocycles. The van der Waals surface area contributed by atoms with Crippen LogP contribution in [0.3, 0.4) is 0 Å². The molecule has 0 bridgehead atoms. The molecule has 1 unspecified atom stereocenters. The standard InChI is InChI=1S/C21H26N2O3/c1-16-6-5-9-18(22-16)10-12-23-13-11-21(20(25)26,19(24)15-23)14-17-7-3-2-4-8-17/h2-9,19,24H,10-15H2,1H3,(H,25,26)/t19?,21-/m1/s1. The van der Waals surface area contributed by atoms with E-state index in [0.717, 1.165) is 29.9 Å². The Balaban J connectivity index is 1.64. The molecule has 1 aromatic carbocycles. The van der Waals surface area contributed by atoms with Gasteiger partial charge in [-0.05, 0) is 44.0 Å². The van der Waals surface area contributed by atoms with E-state index in [-0.39, 0.29) is 0 Å². The van der Waals surface area contributed by atoms with Crippen molar-refractivity contribution >= 4 is 5.97 Å². The van der Waals surface area contributed by atoms with E-state index in [9.17, 15) is 15.0 Å². The summed E-state index contributed by atoms with van der Waals surface area (Å²) in [4.78, 5) is 18.7. The van der Waals surface area contributed by atoms with Gasteiger partial charge in [0.1, 0.15) is 5.41 Å². The molecule has 0 aliphatic carbocycles. The average Bonchev–Trinajstić information content (AvgIpc) is 2.63. The fourth-order valence-corrected chi connectivity index (χ4v) is 3.74. The maximum absolute atomic E-state index is 12.0. The van der Waals surface area contributed by atoms with Gasteiger partial charge in [0.25, 0.3) is 0 Å². The zero-order valence-electron chi connectivity index (χ0n) is 15.1. The van der Waals surface area contributed by atoms with Gasteiger partial charge in [-0.3, -0.25) is 9.78 Å². The van der Waals surface area contributed by atoms with Crippen LogP contribution in [0.1, 0.15) is 23.4 Å². The molecule has 2 heterocycles. The number of hydrogen-bond donors (Lipinski definition) is 2. The second-order valence-corrected chi connectivity index (χ2v) is 7.21. The van der Waals surface area contributed by atoms with Gasteiger partial charge in [0, 0.05) is 30.9 Å². The predicted molar refractivity (Wildman–Crippen MR) is 100.0 cm³/mol. The lowest BCUT2D eigenvalue weighted by atomic mass is 9.71. The smallest absolute Gasteiger partial charge is 0.312 e. The van der Waals surface area contributed by atoms with Crippen LogP contribution < -0.4 is 0 Å². The number of aryl methyl sites for hydroxylation is 1. The van der Waals surface area contributed by atoms with Crippen LogP contribution in [0, 0.1) is 12.3 Å². The van der Waals surface area contributed by atoms with E-state index in [2.05, 4.69) is 9.88 Å². The van der Waals surface area contributed by atoms with Gasteiger partial charge in [0.15, 0.2) is 0 Å². The molecule has 26 heavy (non-hydrogen) atoms. The lowest BCUT2D eigenvalue weighted by Gasteiger charge is -2.43. The minimum absolute atomic E-state index is 0.359. The monoisotopic (exact) mass is 354 g/mol. The minimum atomic E-state index is -1.11. The van der Waals surface area contributed by atoms with Crippen molar-refractivity contribution in [1.29, 1.82) is 0 Å². The molecule has 1 saturated heterocycles. The fourth-order valence-electron chi connectivity index (χ4n) is 3.74. The topological polar surface area (TPSA) is 73.7 Å². The zero-order chi connectivity index (χ0) is 18.6. The Hall–Kier alpha value is -2.24. The quantitative estimate of drug-likeness (QED) is 0.833. The van der Waals surface area contributed by atoms with E-state index >= 15 is 0 Å². The molecule has 0 amide bonds. The van der Waals surface area contributed by atoms with E-state index in [0.29, 0.717) is 25.9 Å². The number of aliphatic hydroxyl groups is 1. The van der Waals surface area contributed by atoms with Gasteiger partial charge >= 0.3 is 5.97 Å². The van der Waals surface area contributed by atoms with E-state index < -0.39 is 17.5 Å². The van der Waals surface area contributed by atoms with Gasteiger partial charge in [-0.25, -0.2) is 0 Å². The number of hydrogen-bond acceptors (Lipinski definition) is 4. The third kappa shape index (κ3) is 4.11. The highest BCUT2D eigenvalue weighted by atomic mass is 16.4. The number of aromatic nitrogens is 1. The summed E-state index contributed by atoms with van der Waals surface area (Å²) in [6, 6.07) is 15.5. The number of pyridine rings is 1. The Morgan fingerprint density at radius 3 is 2.65 bits per heavy atom. The highest BCUT2D eigenvalue weighted by Gasteiger charge is 2.48. The molecule has 1 fully saturated rings. The van der Waals surface area contributed by atoms with Crippen molar-refractivity contribution in [3.8, 4) is 0 Å². The molecule has 0 radical (unpaired) electrons. The summed E-state index contributed by atoms with van der Waals surface area (Å²) < 4.78 is 0. The molecule has 1 aromatic heterocycles. The van der Waals surface area contributed by atoms with Crippen LogP contribution >= 0.6 is 0 Å². The number of nitrogens with zero attached hydrogens (tertiary/aromatic N) is 2. The molecule has 5 nitrogen and oxygen atoms in total. The molecule has 138 valence electrons. The van der Waals surface area contributed by atoms with Crippen LogP contribution in [0.25, 0.3) is 0 Å². The fraction of sp³-hybridized carbons (Fsp3) is 0.429. The average molecular weight is 354 g/mol. The molecule has 3 rings (SSSR count). The predicted octanol–water partition coefficient (Wildman–Crippen LogP) is 2.31. The Labute approximate surface area is 154 Å². The Bertz CT molecular complexity index is 750. The number of β-amino-alcohol motifs (C(OH)–C–C–N with tert-alkyl or cyclic N) is 1. The lowest BCUT2D eigenvalue weighted by molar-refractivity contribution is -0.162. The molecular formula is C21H26N2O3. The molecule has 0 spiro atoms. The van der Waals surface area contributed by atoms with Crippen LogP contribution in [-0.4, -0.2) is 51.8 Å². The Kier molecular flexibility index (Phi) is 5.69. The maximum Gasteiger partial charge on any atom is 0.312 e. The van der Waals surface area contributed by atoms with Crippen LogP contribution in [0.4, 0.5) is 0 Å². The first kappa shape index (κ1) is 18.5.